The topological polar surface area (TPSA) is 80.9 Å². The molecular formula is C28H28O4S. The summed E-state index contributed by atoms with van der Waals surface area (Å²) in [6.45, 7) is 7.58. The van der Waals surface area contributed by atoms with E-state index in [0.717, 1.165) is 43.2 Å². The number of rotatable bonds is 3. The maximum absolute atomic E-state index is 9.79. The Morgan fingerprint density at radius 3 is 1.00 bits per heavy atom. The van der Waals surface area contributed by atoms with Crippen molar-refractivity contribution in [3.8, 4) is 34.1 Å². The van der Waals surface area contributed by atoms with Crippen molar-refractivity contribution in [2.24, 2.45) is 0 Å². The first-order valence-electron chi connectivity index (χ1n) is 10.5. The molecule has 0 spiro atoms. The lowest BCUT2D eigenvalue weighted by molar-refractivity contribution is 0.466. The van der Waals surface area contributed by atoms with Crippen molar-refractivity contribution in [3.05, 3.63) is 95.1 Å². The molecule has 0 aliphatic rings. The minimum Gasteiger partial charge on any atom is -0.508 e. The van der Waals surface area contributed by atoms with Gasteiger partial charge < -0.3 is 20.4 Å². The summed E-state index contributed by atoms with van der Waals surface area (Å²) >= 11 is 1.58. The fraction of sp³-hybridized carbons (Fsp3) is 0.143. The van der Waals surface area contributed by atoms with Crippen LogP contribution in [-0.2, 0) is 0 Å². The summed E-state index contributed by atoms with van der Waals surface area (Å²) in [6.07, 6.45) is 0. The summed E-state index contributed by atoms with van der Waals surface area (Å²) in [4.78, 5) is 2.11. The van der Waals surface area contributed by atoms with Crippen LogP contribution in [0.4, 0.5) is 0 Å². The number of aromatic hydroxyl groups is 4. The normalized spacial score (nSPS) is 10.4. The van der Waals surface area contributed by atoms with Crippen molar-refractivity contribution < 1.29 is 20.4 Å². The van der Waals surface area contributed by atoms with Crippen LogP contribution in [0.3, 0.4) is 0 Å². The molecule has 0 saturated carbocycles. The highest BCUT2D eigenvalue weighted by molar-refractivity contribution is 7.99. The van der Waals surface area contributed by atoms with E-state index in [0.29, 0.717) is 11.5 Å². The Hall–Kier alpha value is -3.57. The van der Waals surface area contributed by atoms with Gasteiger partial charge in [-0.2, -0.15) is 0 Å². The number of phenolic OH excluding ortho intramolecular Hbond substituents is 4. The van der Waals surface area contributed by atoms with E-state index in [9.17, 15) is 10.2 Å². The van der Waals surface area contributed by atoms with Crippen molar-refractivity contribution in [2.45, 2.75) is 37.5 Å². The summed E-state index contributed by atoms with van der Waals surface area (Å²) in [7, 11) is 0. The van der Waals surface area contributed by atoms with Crippen LogP contribution >= 0.6 is 11.8 Å². The number of benzene rings is 4. The second kappa shape index (κ2) is 10.4. The zero-order valence-corrected chi connectivity index (χ0v) is 19.9. The van der Waals surface area contributed by atoms with E-state index in [1.54, 1.807) is 36.0 Å². The molecule has 4 aromatic carbocycles. The molecule has 0 aromatic heterocycles. The molecule has 33 heavy (non-hydrogen) atoms. The van der Waals surface area contributed by atoms with Crippen LogP contribution in [0.2, 0.25) is 0 Å². The van der Waals surface area contributed by atoms with Crippen molar-refractivity contribution in [1.29, 1.82) is 0 Å². The lowest BCUT2D eigenvalue weighted by Crippen LogP contribution is -1.88. The molecule has 0 fully saturated rings. The Bertz CT molecular complexity index is 1100. The number of hydrogen-bond acceptors (Lipinski definition) is 5. The van der Waals surface area contributed by atoms with E-state index in [4.69, 9.17) is 10.2 Å². The van der Waals surface area contributed by atoms with Crippen LogP contribution in [-0.4, -0.2) is 20.4 Å². The van der Waals surface area contributed by atoms with Gasteiger partial charge in [0.2, 0.25) is 0 Å². The third-order valence-corrected chi connectivity index (χ3v) is 6.24. The summed E-state index contributed by atoms with van der Waals surface area (Å²) < 4.78 is 0. The predicted octanol–water partition coefficient (Wildman–Crippen LogP) is 7.25. The third kappa shape index (κ3) is 6.24. The molecule has 0 aliphatic heterocycles. The van der Waals surface area contributed by atoms with E-state index in [-0.39, 0.29) is 11.5 Å². The van der Waals surface area contributed by atoms with E-state index >= 15 is 0 Å². The predicted molar refractivity (Wildman–Crippen MR) is 134 cm³/mol. The van der Waals surface area contributed by atoms with E-state index in [1.165, 1.54) is 0 Å². The molecule has 4 rings (SSSR count). The summed E-state index contributed by atoms with van der Waals surface area (Å²) in [6, 6.07) is 21.9. The maximum atomic E-state index is 9.79. The Morgan fingerprint density at radius 1 is 0.455 bits per heavy atom. The molecule has 0 radical (unpaired) electrons. The van der Waals surface area contributed by atoms with Gasteiger partial charge in [-0.05, 0) is 134 Å². The molecule has 0 unspecified atom stereocenters. The SMILES string of the molecule is Cc1cc(-c2cc(C)c(O)c(C)c2)cc(C)c1O.Oc1ccc(Sc2ccc(O)cc2)cc1. The number of hydrogen-bond donors (Lipinski definition) is 4. The van der Waals surface area contributed by atoms with Crippen LogP contribution in [0.1, 0.15) is 22.3 Å². The maximum Gasteiger partial charge on any atom is 0.121 e. The Labute approximate surface area is 198 Å². The van der Waals surface area contributed by atoms with Crippen molar-refractivity contribution >= 4 is 11.8 Å². The van der Waals surface area contributed by atoms with Crippen LogP contribution in [0.25, 0.3) is 11.1 Å². The Kier molecular flexibility index (Phi) is 7.56. The van der Waals surface area contributed by atoms with Crippen LogP contribution in [0, 0.1) is 27.7 Å². The fourth-order valence-corrected chi connectivity index (χ4v) is 4.23. The van der Waals surface area contributed by atoms with E-state index in [1.807, 2.05) is 76.2 Å². The quantitative estimate of drug-likeness (QED) is 0.259. The smallest absolute Gasteiger partial charge is 0.121 e. The molecule has 4 aromatic rings. The molecule has 4 N–H and O–H groups in total. The van der Waals surface area contributed by atoms with Gasteiger partial charge in [0, 0.05) is 9.79 Å². The highest BCUT2D eigenvalue weighted by Crippen LogP contribution is 2.33. The third-order valence-electron chi connectivity index (χ3n) is 5.22. The van der Waals surface area contributed by atoms with Gasteiger partial charge in [0.25, 0.3) is 0 Å². The van der Waals surface area contributed by atoms with Gasteiger partial charge in [-0.1, -0.05) is 11.8 Å². The molecule has 0 atom stereocenters. The average molecular weight is 461 g/mol. The largest absolute Gasteiger partial charge is 0.508 e. The van der Waals surface area contributed by atoms with Gasteiger partial charge in [0.15, 0.2) is 0 Å². The monoisotopic (exact) mass is 460 g/mol. The molecule has 170 valence electrons. The average Bonchev–Trinajstić information content (AvgIpc) is 2.78. The summed E-state index contributed by atoms with van der Waals surface area (Å²) in [5.74, 6) is 1.24. The van der Waals surface area contributed by atoms with Crippen molar-refractivity contribution in [1.82, 2.24) is 0 Å². The second-order valence-electron chi connectivity index (χ2n) is 8.01. The molecule has 0 bridgehead atoms. The summed E-state index contributed by atoms with van der Waals surface area (Å²) in [5.41, 5.74) is 5.60. The molecule has 4 nitrogen and oxygen atoms in total. The van der Waals surface area contributed by atoms with Gasteiger partial charge in [-0.25, -0.2) is 0 Å². The zero-order valence-electron chi connectivity index (χ0n) is 19.1. The van der Waals surface area contributed by atoms with Crippen molar-refractivity contribution in [2.75, 3.05) is 0 Å². The Morgan fingerprint density at radius 2 is 0.727 bits per heavy atom. The lowest BCUT2D eigenvalue weighted by Gasteiger charge is -2.11. The van der Waals surface area contributed by atoms with Crippen LogP contribution < -0.4 is 0 Å². The highest BCUT2D eigenvalue weighted by atomic mass is 32.2. The minimum absolute atomic E-state index is 0.269. The van der Waals surface area contributed by atoms with E-state index < -0.39 is 0 Å². The van der Waals surface area contributed by atoms with Crippen LogP contribution in [0.5, 0.6) is 23.0 Å². The first kappa shape index (κ1) is 24.1. The molecule has 0 saturated heterocycles. The number of aryl methyl sites for hydroxylation is 4. The number of phenols is 4. The molecule has 0 amide bonds. The summed E-state index contributed by atoms with van der Waals surface area (Å²) in [5, 5.41) is 37.8. The fourth-order valence-electron chi connectivity index (χ4n) is 3.41. The standard InChI is InChI=1S/C16H18O2.C12H10O2S/c1-9-5-13(6-10(2)15(9)17)14-7-11(3)16(18)12(4)8-14;13-9-1-5-11(6-2-9)15-12-7-3-10(14)4-8-12/h5-8,17-18H,1-4H3;1-8,13-14H. The Balaban J connectivity index is 0.000000189. The highest BCUT2D eigenvalue weighted by Gasteiger charge is 2.08. The van der Waals surface area contributed by atoms with Crippen LogP contribution in [0.15, 0.2) is 82.6 Å². The van der Waals surface area contributed by atoms with E-state index in [2.05, 4.69) is 0 Å². The first-order chi connectivity index (χ1) is 15.6. The zero-order chi connectivity index (χ0) is 24.1. The second-order valence-corrected chi connectivity index (χ2v) is 9.15. The molecule has 5 heteroatoms. The first-order valence-corrected chi connectivity index (χ1v) is 11.3. The minimum atomic E-state index is 0.269. The van der Waals surface area contributed by atoms with Crippen molar-refractivity contribution in [3.63, 3.8) is 0 Å². The van der Waals surface area contributed by atoms with Gasteiger partial charge in [0.05, 0.1) is 0 Å². The molecule has 0 aliphatic carbocycles. The lowest BCUT2D eigenvalue weighted by atomic mass is 9.96. The molecular weight excluding hydrogens is 432 g/mol. The van der Waals surface area contributed by atoms with Gasteiger partial charge in [0.1, 0.15) is 23.0 Å². The van der Waals surface area contributed by atoms with Gasteiger partial charge in [-0.3, -0.25) is 0 Å². The molecule has 0 heterocycles. The van der Waals surface area contributed by atoms with Gasteiger partial charge >= 0.3 is 0 Å². The van der Waals surface area contributed by atoms with Gasteiger partial charge in [-0.15, -0.1) is 0 Å².